The highest BCUT2D eigenvalue weighted by molar-refractivity contribution is 7.09. The lowest BCUT2D eigenvalue weighted by molar-refractivity contribution is -0.140. The molecular formula is C25H31F2N5O5S. The number of urea groups is 1. The van der Waals surface area contributed by atoms with E-state index in [1.165, 1.54) is 18.4 Å². The van der Waals surface area contributed by atoms with E-state index in [1.54, 1.807) is 41.9 Å². The number of rotatable bonds is 12. The molecule has 2 aromatic rings. The molecule has 1 heterocycles. The number of Topliss-reactive ketones (excluding diaryl/α,β-unsaturated/α-hetero) is 1. The molecule has 38 heavy (non-hydrogen) atoms. The third-order valence-corrected chi connectivity index (χ3v) is 6.81. The molecule has 206 valence electrons. The minimum Gasteiger partial charge on any atom is -0.382 e. The van der Waals surface area contributed by atoms with E-state index in [4.69, 9.17) is 4.74 Å². The molecule has 0 radical (unpaired) electrons. The summed E-state index contributed by atoms with van der Waals surface area (Å²) < 4.78 is 31.8. The average Bonchev–Trinajstić information content (AvgIpc) is 3.42. The summed E-state index contributed by atoms with van der Waals surface area (Å²) in [6.07, 6.45) is 1.20. The summed E-state index contributed by atoms with van der Waals surface area (Å²) in [5.74, 6) is -5.22. The number of ketones is 1. The van der Waals surface area contributed by atoms with Crippen molar-refractivity contribution >= 4 is 35.0 Å². The molecule has 0 aliphatic heterocycles. The van der Waals surface area contributed by atoms with Gasteiger partial charge in [-0.05, 0) is 18.4 Å². The van der Waals surface area contributed by atoms with Gasteiger partial charge in [0, 0.05) is 44.0 Å². The number of halogens is 2. The van der Waals surface area contributed by atoms with Crippen molar-refractivity contribution in [2.45, 2.75) is 62.7 Å². The van der Waals surface area contributed by atoms with Crippen molar-refractivity contribution in [2.24, 2.45) is 0 Å². The summed E-state index contributed by atoms with van der Waals surface area (Å²) in [5.41, 5.74) is 0.710. The Morgan fingerprint density at radius 3 is 2.45 bits per heavy atom. The molecule has 1 saturated carbocycles. The van der Waals surface area contributed by atoms with Gasteiger partial charge in [-0.25, -0.2) is 18.6 Å². The zero-order valence-electron chi connectivity index (χ0n) is 20.9. The maximum atomic E-state index is 13.4. The first kappa shape index (κ1) is 29.1. The van der Waals surface area contributed by atoms with Crippen LogP contribution in [0.4, 0.5) is 13.6 Å². The van der Waals surface area contributed by atoms with Gasteiger partial charge >= 0.3 is 6.03 Å². The number of hydrogen-bond donors (Lipinski definition) is 4. The molecule has 0 unspecified atom stereocenters. The van der Waals surface area contributed by atoms with E-state index in [2.05, 4.69) is 26.3 Å². The minimum atomic E-state index is -2.74. The SMILES string of the molecule is COC[C@@H](NC(=O)NC1CCC(F)(F)CC1)C(=O)N[C@H](Cc1ccccc1)C(=O)C(=O)NCc1nccs1. The standard InChI is InChI=1S/C25H31F2N5O5S/c1-37-15-19(32-24(36)30-17-7-9-25(26,27)10-8-17)22(34)31-18(13-16-5-3-2-4-6-16)21(33)23(35)29-14-20-28-11-12-38-20/h2-6,11-12,17-19H,7-10,13-15H2,1H3,(H,29,35)(H,31,34)(H2,30,32,36)/t18-,19-/m1/s1. The van der Waals surface area contributed by atoms with Crippen LogP contribution < -0.4 is 21.3 Å². The number of aromatic nitrogens is 1. The quantitative estimate of drug-likeness (QED) is 0.298. The Labute approximate surface area is 222 Å². The fraction of sp³-hybridized carbons (Fsp3) is 0.480. The molecule has 1 aliphatic rings. The Kier molecular flexibility index (Phi) is 10.7. The molecule has 0 spiro atoms. The summed E-state index contributed by atoms with van der Waals surface area (Å²) in [4.78, 5) is 55.3. The van der Waals surface area contributed by atoms with Crippen LogP contribution in [0.25, 0.3) is 0 Å². The first-order valence-electron chi connectivity index (χ1n) is 12.2. The van der Waals surface area contributed by atoms with E-state index < -0.39 is 47.7 Å². The predicted molar refractivity (Wildman–Crippen MR) is 136 cm³/mol. The van der Waals surface area contributed by atoms with Crippen LogP contribution in [0.3, 0.4) is 0 Å². The molecule has 10 nitrogen and oxygen atoms in total. The van der Waals surface area contributed by atoms with Gasteiger partial charge in [-0.15, -0.1) is 11.3 Å². The van der Waals surface area contributed by atoms with Crippen molar-refractivity contribution in [1.29, 1.82) is 0 Å². The van der Waals surface area contributed by atoms with E-state index in [0.29, 0.717) is 10.6 Å². The van der Waals surface area contributed by atoms with Gasteiger partial charge in [0.25, 0.3) is 5.91 Å². The maximum absolute atomic E-state index is 13.4. The van der Waals surface area contributed by atoms with Crippen molar-refractivity contribution in [2.75, 3.05) is 13.7 Å². The lowest BCUT2D eigenvalue weighted by atomic mass is 9.92. The number of benzene rings is 1. The lowest BCUT2D eigenvalue weighted by Gasteiger charge is -2.29. The van der Waals surface area contributed by atoms with Crippen molar-refractivity contribution < 1.29 is 32.7 Å². The van der Waals surface area contributed by atoms with Crippen LogP contribution in [-0.4, -0.2) is 66.4 Å². The topological polar surface area (TPSA) is 139 Å². The highest BCUT2D eigenvalue weighted by atomic mass is 32.1. The number of ether oxygens (including phenoxy) is 1. The van der Waals surface area contributed by atoms with Gasteiger partial charge in [0.05, 0.1) is 13.2 Å². The lowest BCUT2D eigenvalue weighted by Crippen LogP contribution is -2.58. The first-order valence-corrected chi connectivity index (χ1v) is 13.0. The second kappa shape index (κ2) is 13.9. The predicted octanol–water partition coefficient (Wildman–Crippen LogP) is 1.95. The Morgan fingerprint density at radius 2 is 1.82 bits per heavy atom. The molecular weight excluding hydrogens is 520 g/mol. The normalized spacial score (nSPS) is 16.6. The Bertz CT molecular complexity index is 1080. The summed E-state index contributed by atoms with van der Waals surface area (Å²) in [6, 6.07) is 5.26. The van der Waals surface area contributed by atoms with Crippen LogP contribution in [0, 0.1) is 0 Å². The minimum absolute atomic E-state index is 0.0399. The zero-order chi connectivity index (χ0) is 27.5. The average molecular weight is 552 g/mol. The van der Waals surface area contributed by atoms with Crippen LogP contribution in [-0.2, 0) is 32.1 Å². The molecule has 0 bridgehead atoms. The van der Waals surface area contributed by atoms with Crippen LogP contribution in [0.1, 0.15) is 36.3 Å². The second-order valence-electron chi connectivity index (χ2n) is 8.98. The number of methoxy groups -OCH3 is 1. The number of alkyl halides is 2. The van der Waals surface area contributed by atoms with E-state index in [9.17, 15) is 28.0 Å². The smallest absolute Gasteiger partial charge is 0.315 e. The third kappa shape index (κ3) is 9.14. The van der Waals surface area contributed by atoms with Crippen LogP contribution in [0.5, 0.6) is 0 Å². The van der Waals surface area contributed by atoms with Crippen molar-refractivity contribution in [3.05, 3.63) is 52.5 Å². The first-order chi connectivity index (χ1) is 18.2. The Hall–Kier alpha value is -3.45. The highest BCUT2D eigenvalue weighted by Crippen LogP contribution is 2.32. The number of thiazole rings is 1. The Morgan fingerprint density at radius 1 is 1.11 bits per heavy atom. The maximum Gasteiger partial charge on any atom is 0.315 e. The van der Waals surface area contributed by atoms with E-state index in [-0.39, 0.29) is 45.3 Å². The van der Waals surface area contributed by atoms with Gasteiger partial charge < -0.3 is 26.0 Å². The number of amides is 4. The van der Waals surface area contributed by atoms with Crippen molar-refractivity contribution in [3.63, 3.8) is 0 Å². The molecule has 1 aromatic carbocycles. The fourth-order valence-electron chi connectivity index (χ4n) is 3.99. The summed E-state index contributed by atoms with van der Waals surface area (Å²) in [5, 5.41) is 12.5. The molecule has 4 N–H and O–H groups in total. The fourth-order valence-corrected chi connectivity index (χ4v) is 4.55. The van der Waals surface area contributed by atoms with Crippen molar-refractivity contribution in [1.82, 2.24) is 26.3 Å². The van der Waals surface area contributed by atoms with E-state index >= 15 is 0 Å². The summed E-state index contributed by atoms with van der Waals surface area (Å²) in [7, 11) is 1.34. The summed E-state index contributed by atoms with van der Waals surface area (Å²) >= 11 is 1.32. The van der Waals surface area contributed by atoms with E-state index in [0.717, 1.165) is 0 Å². The third-order valence-electron chi connectivity index (χ3n) is 6.03. The van der Waals surface area contributed by atoms with Crippen LogP contribution >= 0.6 is 11.3 Å². The molecule has 13 heteroatoms. The van der Waals surface area contributed by atoms with Crippen LogP contribution in [0.15, 0.2) is 41.9 Å². The van der Waals surface area contributed by atoms with Crippen molar-refractivity contribution in [3.8, 4) is 0 Å². The highest BCUT2D eigenvalue weighted by Gasteiger charge is 2.36. The molecule has 1 aliphatic carbocycles. The van der Waals surface area contributed by atoms with Gasteiger partial charge in [0.15, 0.2) is 0 Å². The Balaban J connectivity index is 1.63. The van der Waals surface area contributed by atoms with Crippen LogP contribution in [0.2, 0.25) is 0 Å². The second-order valence-corrected chi connectivity index (χ2v) is 9.96. The molecule has 3 rings (SSSR count). The zero-order valence-corrected chi connectivity index (χ0v) is 21.7. The number of hydrogen-bond acceptors (Lipinski definition) is 7. The molecule has 1 aromatic heterocycles. The van der Waals surface area contributed by atoms with Gasteiger partial charge in [0.1, 0.15) is 17.1 Å². The molecule has 4 amide bonds. The number of nitrogens with zero attached hydrogens (tertiary/aromatic N) is 1. The van der Waals surface area contributed by atoms with Gasteiger partial charge in [-0.3, -0.25) is 14.4 Å². The van der Waals surface area contributed by atoms with E-state index in [1.807, 2.05) is 0 Å². The number of carbonyl (C=O) groups is 4. The molecule has 1 fully saturated rings. The summed E-state index contributed by atoms with van der Waals surface area (Å²) in [6.45, 7) is -0.153. The van der Waals surface area contributed by atoms with Gasteiger partial charge in [-0.1, -0.05) is 30.3 Å². The molecule has 2 atom stereocenters. The van der Waals surface area contributed by atoms with Gasteiger partial charge in [0.2, 0.25) is 17.6 Å². The number of carbonyl (C=O) groups excluding carboxylic acids is 4. The number of nitrogens with one attached hydrogen (secondary N) is 4. The monoisotopic (exact) mass is 551 g/mol. The molecule has 0 saturated heterocycles. The largest absolute Gasteiger partial charge is 0.382 e. The van der Waals surface area contributed by atoms with Gasteiger partial charge in [-0.2, -0.15) is 0 Å².